The number of carbonyl (C=O) groups is 3. The van der Waals surface area contributed by atoms with Gasteiger partial charge in [-0.15, -0.1) is 0 Å². The van der Waals surface area contributed by atoms with Gasteiger partial charge in [0.15, 0.2) is 6.29 Å². The van der Waals surface area contributed by atoms with Gasteiger partial charge in [0.25, 0.3) is 0 Å². The molecule has 0 spiro atoms. The monoisotopic (exact) mass is 520 g/mol. The van der Waals surface area contributed by atoms with Gasteiger partial charge in [-0.2, -0.15) is 0 Å². The van der Waals surface area contributed by atoms with E-state index in [4.69, 9.17) is 14.2 Å². The fourth-order valence-corrected chi connectivity index (χ4v) is 4.35. The average Bonchev–Trinajstić information content (AvgIpc) is 2.86. The Morgan fingerprint density at radius 2 is 1.68 bits per heavy atom. The van der Waals surface area contributed by atoms with Crippen LogP contribution in [0.5, 0.6) is 11.5 Å². The van der Waals surface area contributed by atoms with Crippen molar-refractivity contribution in [3.05, 3.63) is 58.1 Å². The Bertz CT molecular complexity index is 1260. The lowest BCUT2D eigenvalue weighted by molar-refractivity contribution is -0.356. The topological polar surface area (TPSA) is 210 Å². The number of ketones is 1. The van der Waals surface area contributed by atoms with E-state index in [1.54, 1.807) is 0 Å². The number of benzene rings is 2. The Hall–Kier alpha value is -3.59. The number of fused-ring (bicyclic) bond motifs is 2. The number of hydrogen-bond acceptors (Lipinski definition) is 13. The molecule has 1 heterocycles. The fraction of sp³-hybridized carbons (Fsp3) is 0.375. The Kier molecular flexibility index (Phi) is 6.94. The van der Waals surface area contributed by atoms with Crippen molar-refractivity contribution >= 4 is 17.7 Å². The lowest BCUT2D eigenvalue weighted by atomic mass is 9.78. The second-order valence-electron chi connectivity index (χ2n) is 8.52. The van der Waals surface area contributed by atoms with Gasteiger partial charge in [-0.25, -0.2) is 4.79 Å². The molecule has 1 aliphatic heterocycles. The smallest absolute Gasteiger partial charge is 0.337 e. The summed E-state index contributed by atoms with van der Waals surface area (Å²) in [7, 11) is 1.07. The maximum atomic E-state index is 13.2. The second-order valence-corrected chi connectivity index (χ2v) is 8.52. The van der Waals surface area contributed by atoms with Gasteiger partial charge in [-0.05, 0) is 18.2 Å². The molecule has 1 fully saturated rings. The van der Waals surface area contributed by atoms with Crippen LogP contribution in [0.4, 0.5) is 0 Å². The van der Waals surface area contributed by atoms with E-state index in [0.717, 1.165) is 32.2 Å². The highest BCUT2D eigenvalue weighted by molar-refractivity contribution is 6.16. The summed E-state index contributed by atoms with van der Waals surface area (Å²) in [5.74, 6) is -6.63. The highest BCUT2D eigenvalue weighted by Crippen LogP contribution is 2.47. The number of methoxy groups -OCH3 is 1. The summed E-state index contributed by atoms with van der Waals surface area (Å²) in [6.07, 6.45) is -8.88. The van der Waals surface area contributed by atoms with Crippen molar-refractivity contribution in [1.29, 1.82) is 0 Å². The third-order valence-corrected chi connectivity index (χ3v) is 6.17. The first-order chi connectivity index (χ1) is 17.4. The van der Waals surface area contributed by atoms with Crippen molar-refractivity contribution in [2.45, 2.75) is 43.4 Å². The maximum Gasteiger partial charge on any atom is 0.337 e. The van der Waals surface area contributed by atoms with E-state index < -0.39 is 89.0 Å². The second kappa shape index (κ2) is 9.70. The summed E-state index contributed by atoms with van der Waals surface area (Å²) in [6.45, 7) is 0.556. The third-order valence-electron chi connectivity index (χ3n) is 6.17. The number of rotatable bonds is 5. The largest absolute Gasteiger partial charge is 0.507 e. The lowest BCUT2D eigenvalue weighted by Gasteiger charge is -2.44. The molecule has 37 heavy (non-hydrogen) atoms. The molecule has 2 aromatic carbocycles. The normalized spacial score (nSPS) is 28.7. The van der Waals surface area contributed by atoms with Crippen molar-refractivity contribution in [3.8, 4) is 11.5 Å². The van der Waals surface area contributed by atoms with Crippen LogP contribution in [0, 0.1) is 0 Å². The number of esters is 2. The van der Waals surface area contributed by atoms with Crippen molar-refractivity contribution in [2.24, 2.45) is 0 Å². The van der Waals surface area contributed by atoms with E-state index in [1.807, 2.05) is 0 Å². The Labute approximate surface area is 209 Å². The van der Waals surface area contributed by atoms with Crippen LogP contribution >= 0.6 is 0 Å². The molecule has 0 amide bonds. The van der Waals surface area contributed by atoms with Crippen LogP contribution in [0.15, 0.2) is 30.3 Å². The summed E-state index contributed by atoms with van der Waals surface area (Å²) in [5.41, 5.74) is -2.03. The first-order valence-corrected chi connectivity index (χ1v) is 11.0. The molecule has 0 unspecified atom stereocenters. The SMILES string of the molecule is COC(=O)c1cc(O)c2c(c1)[C@@](O)(O[C@@H]1O[C@H](COC(C)=O)[C@@H](O)[C@H](O)[C@H]1O)c1cccc(O)c1C2=O. The minimum Gasteiger partial charge on any atom is -0.507 e. The number of carbonyl (C=O) groups excluding carboxylic acids is 3. The zero-order chi connectivity index (χ0) is 27.2. The summed E-state index contributed by atoms with van der Waals surface area (Å²) in [4.78, 5) is 36.6. The van der Waals surface area contributed by atoms with Crippen LogP contribution in [-0.4, -0.2) is 92.8 Å². The highest BCUT2D eigenvalue weighted by atomic mass is 16.8. The van der Waals surface area contributed by atoms with E-state index in [2.05, 4.69) is 4.74 Å². The van der Waals surface area contributed by atoms with Crippen molar-refractivity contribution in [3.63, 3.8) is 0 Å². The first-order valence-electron chi connectivity index (χ1n) is 11.0. The third kappa shape index (κ3) is 4.41. The van der Waals surface area contributed by atoms with Crippen LogP contribution in [0.1, 0.15) is 44.3 Å². The highest BCUT2D eigenvalue weighted by Gasteiger charge is 2.52. The van der Waals surface area contributed by atoms with E-state index in [-0.39, 0.29) is 11.1 Å². The number of hydrogen-bond donors (Lipinski definition) is 6. The molecule has 0 radical (unpaired) electrons. The van der Waals surface area contributed by atoms with Crippen LogP contribution in [0.3, 0.4) is 0 Å². The number of phenolic OH excluding ortho intramolecular Hbond substituents is 2. The van der Waals surface area contributed by atoms with Crippen LogP contribution in [0.2, 0.25) is 0 Å². The summed E-state index contributed by atoms with van der Waals surface area (Å²) >= 11 is 0. The van der Waals surface area contributed by atoms with Crippen molar-refractivity contribution in [1.82, 2.24) is 0 Å². The summed E-state index contributed by atoms with van der Waals surface area (Å²) < 4.78 is 20.7. The van der Waals surface area contributed by atoms with E-state index >= 15 is 0 Å². The van der Waals surface area contributed by atoms with Gasteiger partial charge < -0.3 is 49.6 Å². The maximum absolute atomic E-state index is 13.2. The van der Waals surface area contributed by atoms with Crippen LogP contribution < -0.4 is 0 Å². The quantitative estimate of drug-likeness (QED) is 0.207. The molecule has 0 bridgehead atoms. The molecule has 4 rings (SSSR count). The van der Waals surface area contributed by atoms with E-state index in [9.17, 15) is 45.0 Å². The molecule has 1 saturated heterocycles. The first kappa shape index (κ1) is 26.5. The molecule has 2 aromatic rings. The number of ether oxygens (including phenoxy) is 4. The molecule has 0 aromatic heterocycles. The molecule has 2 aliphatic rings. The molecule has 1 aliphatic carbocycles. The molecule has 0 saturated carbocycles. The molecule has 13 heteroatoms. The molecular weight excluding hydrogens is 496 g/mol. The minimum absolute atomic E-state index is 0.273. The van der Waals surface area contributed by atoms with Crippen LogP contribution in [-0.2, 0) is 29.5 Å². The van der Waals surface area contributed by atoms with Gasteiger partial charge >= 0.3 is 11.9 Å². The zero-order valence-corrected chi connectivity index (χ0v) is 19.5. The van der Waals surface area contributed by atoms with Gasteiger partial charge in [-0.3, -0.25) is 9.59 Å². The number of phenols is 2. The summed E-state index contributed by atoms with van der Waals surface area (Å²) in [5, 5.41) is 64.1. The predicted molar refractivity (Wildman–Crippen MR) is 118 cm³/mol. The molecule has 6 atom stereocenters. The molecule has 6 N–H and O–H groups in total. The Morgan fingerprint density at radius 1 is 1.00 bits per heavy atom. The Morgan fingerprint density at radius 3 is 2.32 bits per heavy atom. The average molecular weight is 520 g/mol. The predicted octanol–water partition coefficient (Wildman–Crippen LogP) is -0.991. The lowest BCUT2D eigenvalue weighted by Crippen LogP contribution is -2.61. The number of aromatic hydroxyl groups is 2. The van der Waals surface area contributed by atoms with E-state index in [0.29, 0.717) is 0 Å². The van der Waals surface area contributed by atoms with Gasteiger partial charge in [-0.1, -0.05) is 12.1 Å². The molecule has 198 valence electrons. The number of aliphatic hydroxyl groups excluding tert-OH is 3. The van der Waals surface area contributed by atoms with E-state index in [1.165, 1.54) is 12.1 Å². The summed E-state index contributed by atoms with van der Waals surface area (Å²) in [6, 6.07) is 5.60. The zero-order valence-electron chi connectivity index (χ0n) is 19.5. The van der Waals surface area contributed by atoms with Crippen molar-refractivity contribution < 1.29 is 64.0 Å². The van der Waals surface area contributed by atoms with Crippen LogP contribution in [0.25, 0.3) is 0 Å². The number of aliphatic hydroxyl groups is 4. The van der Waals surface area contributed by atoms with Gasteiger partial charge in [0.2, 0.25) is 11.6 Å². The van der Waals surface area contributed by atoms with Gasteiger partial charge in [0.1, 0.15) is 42.5 Å². The van der Waals surface area contributed by atoms with Gasteiger partial charge in [0.05, 0.1) is 23.8 Å². The Balaban J connectivity index is 1.86. The standard InChI is InChI=1S/C24H24O13/c1-9(25)35-8-15-18(28)20(30)21(31)23(36-15)37-24(33)11-4-3-5-13(26)16(11)19(29)17-12(24)6-10(7-14(17)27)22(32)34-2/h3-7,15,18,20-21,23,26-28,30-31,33H,8H2,1-2H3/t15-,18-,20+,21-,23+,24+/m1/s1. The molecular formula is C24H24O13. The van der Waals surface area contributed by atoms with Crippen molar-refractivity contribution in [2.75, 3.05) is 13.7 Å². The van der Waals surface area contributed by atoms with Gasteiger partial charge in [0, 0.05) is 18.1 Å². The minimum atomic E-state index is -2.77. The molecule has 13 nitrogen and oxygen atoms in total. The fourth-order valence-electron chi connectivity index (χ4n) is 4.35.